The fourth-order valence-electron chi connectivity index (χ4n) is 4.82. The van der Waals surface area contributed by atoms with Crippen molar-refractivity contribution in [2.75, 3.05) is 0 Å². The summed E-state index contributed by atoms with van der Waals surface area (Å²) in [5.41, 5.74) is 2.37. The second-order valence-electron chi connectivity index (χ2n) is 6.88. The SMILES string of the molecule is CC1=CC[C@@H]2[C@H]([C@@H]3[C@H](C)CC[C@H]13)C2(C)C. The van der Waals surface area contributed by atoms with Gasteiger partial charge in [0.1, 0.15) is 0 Å². The van der Waals surface area contributed by atoms with Gasteiger partial charge in [-0.25, -0.2) is 0 Å². The van der Waals surface area contributed by atoms with Gasteiger partial charge in [-0.15, -0.1) is 0 Å². The zero-order valence-electron chi connectivity index (χ0n) is 10.6. The molecule has 0 radical (unpaired) electrons. The van der Waals surface area contributed by atoms with Crippen molar-refractivity contribution in [2.45, 2.75) is 47.0 Å². The molecule has 0 bridgehead atoms. The van der Waals surface area contributed by atoms with Gasteiger partial charge in [-0.3, -0.25) is 0 Å². The number of rotatable bonds is 0. The van der Waals surface area contributed by atoms with Gasteiger partial charge in [0.2, 0.25) is 0 Å². The van der Waals surface area contributed by atoms with Gasteiger partial charge in [0.05, 0.1) is 0 Å². The number of allylic oxidation sites excluding steroid dienone is 2. The summed E-state index contributed by atoms with van der Waals surface area (Å²) in [4.78, 5) is 0. The van der Waals surface area contributed by atoms with E-state index in [9.17, 15) is 0 Å². The Labute approximate surface area is 94.1 Å². The van der Waals surface area contributed by atoms with Crippen molar-refractivity contribution in [3.63, 3.8) is 0 Å². The monoisotopic (exact) mass is 204 g/mol. The molecule has 84 valence electrons. The molecule has 15 heavy (non-hydrogen) atoms. The second-order valence-corrected chi connectivity index (χ2v) is 6.88. The third-order valence-corrected chi connectivity index (χ3v) is 5.89. The van der Waals surface area contributed by atoms with Gasteiger partial charge in [-0.1, -0.05) is 32.4 Å². The highest BCUT2D eigenvalue weighted by Gasteiger charge is 2.63. The maximum atomic E-state index is 2.56. The molecule has 0 saturated heterocycles. The molecule has 3 aliphatic rings. The summed E-state index contributed by atoms with van der Waals surface area (Å²) in [5, 5.41) is 0. The first-order chi connectivity index (χ1) is 7.03. The smallest absolute Gasteiger partial charge is 0.0172 e. The Morgan fingerprint density at radius 1 is 1.27 bits per heavy atom. The van der Waals surface area contributed by atoms with Gasteiger partial charge < -0.3 is 0 Å². The average Bonchev–Trinajstić information content (AvgIpc) is 2.55. The topological polar surface area (TPSA) is 0 Å². The minimum Gasteiger partial charge on any atom is -0.0850 e. The van der Waals surface area contributed by atoms with E-state index in [4.69, 9.17) is 0 Å². The van der Waals surface area contributed by atoms with Crippen LogP contribution in [0.5, 0.6) is 0 Å². The van der Waals surface area contributed by atoms with Crippen molar-refractivity contribution in [1.82, 2.24) is 0 Å². The molecule has 0 nitrogen and oxygen atoms in total. The van der Waals surface area contributed by atoms with Crippen LogP contribution in [0.2, 0.25) is 0 Å². The van der Waals surface area contributed by atoms with Crippen LogP contribution in [-0.2, 0) is 0 Å². The maximum absolute atomic E-state index is 2.56. The molecular weight excluding hydrogens is 180 g/mol. The highest BCUT2D eigenvalue weighted by Crippen LogP contribution is 2.69. The number of hydrogen-bond donors (Lipinski definition) is 0. The summed E-state index contributed by atoms with van der Waals surface area (Å²) in [6.07, 6.45) is 6.87. The fourth-order valence-corrected chi connectivity index (χ4v) is 4.82. The Hall–Kier alpha value is -0.260. The van der Waals surface area contributed by atoms with Crippen LogP contribution >= 0.6 is 0 Å². The predicted octanol–water partition coefficient (Wildman–Crippen LogP) is 4.27. The van der Waals surface area contributed by atoms with E-state index in [-0.39, 0.29) is 0 Å². The first-order valence-electron chi connectivity index (χ1n) is 6.70. The lowest BCUT2D eigenvalue weighted by Gasteiger charge is -2.25. The van der Waals surface area contributed by atoms with Gasteiger partial charge in [0.25, 0.3) is 0 Å². The van der Waals surface area contributed by atoms with Gasteiger partial charge in [-0.05, 0) is 61.2 Å². The molecule has 2 saturated carbocycles. The molecule has 0 aromatic carbocycles. The van der Waals surface area contributed by atoms with Crippen molar-refractivity contribution >= 4 is 0 Å². The van der Waals surface area contributed by atoms with Crippen LogP contribution in [0.3, 0.4) is 0 Å². The number of fused-ring (bicyclic) bond motifs is 3. The first-order valence-corrected chi connectivity index (χ1v) is 6.70. The lowest BCUT2D eigenvalue weighted by molar-refractivity contribution is 0.279. The summed E-state index contributed by atoms with van der Waals surface area (Å²) >= 11 is 0. The fraction of sp³-hybridized carbons (Fsp3) is 0.867. The zero-order valence-corrected chi connectivity index (χ0v) is 10.6. The molecule has 3 aliphatic carbocycles. The van der Waals surface area contributed by atoms with Gasteiger partial charge in [0.15, 0.2) is 0 Å². The highest BCUT2D eigenvalue weighted by atomic mass is 14.7. The van der Waals surface area contributed by atoms with E-state index < -0.39 is 0 Å². The molecule has 0 aromatic heterocycles. The predicted molar refractivity (Wildman–Crippen MR) is 64.5 cm³/mol. The Bertz CT molecular complexity index is 310. The summed E-state index contributed by atoms with van der Waals surface area (Å²) in [6.45, 7) is 9.88. The number of hydrogen-bond acceptors (Lipinski definition) is 0. The van der Waals surface area contributed by atoms with Crippen LogP contribution < -0.4 is 0 Å². The third kappa shape index (κ3) is 1.20. The molecular formula is C15H24. The van der Waals surface area contributed by atoms with E-state index in [1.54, 1.807) is 5.57 Å². The van der Waals surface area contributed by atoms with Crippen LogP contribution in [0.1, 0.15) is 47.0 Å². The van der Waals surface area contributed by atoms with Crippen molar-refractivity contribution < 1.29 is 0 Å². The van der Waals surface area contributed by atoms with Gasteiger partial charge in [0, 0.05) is 0 Å². The molecule has 0 N–H and O–H groups in total. The van der Waals surface area contributed by atoms with Crippen molar-refractivity contribution in [1.29, 1.82) is 0 Å². The van der Waals surface area contributed by atoms with Crippen LogP contribution in [0.15, 0.2) is 11.6 Å². The van der Waals surface area contributed by atoms with Gasteiger partial charge >= 0.3 is 0 Å². The van der Waals surface area contributed by atoms with E-state index >= 15 is 0 Å². The van der Waals surface area contributed by atoms with E-state index in [0.717, 1.165) is 29.6 Å². The summed E-state index contributed by atoms with van der Waals surface area (Å²) in [6, 6.07) is 0. The van der Waals surface area contributed by atoms with Crippen molar-refractivity contribution in [3.8, 4) is 0 Å². The average molecular weight is 204 g/mol. The lowest BCUT2D eigenvalue weighted by Crippen LogP contribution is -2.18. The Morgan fingerprint density at radius 2 is 2.00 bits per heavy atom. The Balaban J connectivity index is 1.96. The minimum absolute atomic E-state index is 0.652. The third-order valence-electron chi connectivity index (χ3n) is 5.89. The molecule has 0 amide bonds. The maximum Gasteiger partial charge on any atom is -0.0172 e. The summed E-state index contributed by atoms with van der Waals surface area (Å²) in [7, 11) is 0. The van der Waals surface area contributed by atoms with Crippen LogP contribution in [-0.4, -0.2) is 0 Å². The highest BCUT2D eigenvalue weighted by molar-refractivity contribution is 5.22. The standard InChI is InChI=1S/C15H24/c1-9-6-8-12-14(15(12,3)4)13-10(2)5-7-11(9)13/h6,10-14H,5,7-8H2,1-4H3/t10-,11-,12-,13-,14-/m1/s1. The summed E-state index contributed by atoms with van der Waals surface area (Å²) < 4.78 is 0. The molecule has 5 atom stereocenters. The minimum atomic E-state index is 0.652. The van der Waals surface area contributed by atoms with Crippen molar-refractivity contribution in [3.05, 3.63) is 11.6 Å². The van der Waals surface area contributed by atoms with Crippen LogP contribution in [0, 0.1) is 35.0 Å². The molecule has 0 heterocycles. The summed E-state index contributed by atoms with van der Waals surface area (Å²) in [5.74, 6) is 4.97. The van der Waals surface area contributed by atoms with E-state index in [2.05, 4.69) is 33.8 Å². The molecule has 0 aromatic rings. The van der Waals surface area contributed by atoms with Gasteiger partial charge in [-0.2, -0.15) is 0 Å². The normalized spacial score (nSPS) is 51.5. The molecule has 0 aliphatic heterocycles. The van der Waals surface area contributed by atoms with Crippen LogP contribution in [0.4, 0.5) is 0 Å². The van der Waals surface area contributed by atoms with E-state index in [1.807, 2.05) is 0 Å². The molecule has 0 spiro atoms. The Morgan fingerprint density at radius 3 is 2.73 bits per heavy atom. The largest absolute Gasteiger partial charge is 0.0850 e. The van der Waals surface area contributed by atoms with E-state index in [1.165, 1.54) is 19.3 Å². The first kappa shape index (κ1) is 9.93. The zero-order chi connectivity index (χ0) is 10.8. The van der Waals surface area contributed by atoms with Crippen LogP contribution in [0.25, 0.3) is 0 Å². The molecule has 0 unspecified atom stereocenters. The molecule has 3 rings (SSSR count). The molecule has 0 heteroatoms. The van der Waals surface area contributed by atoms with Crippen molar-refractivity contribution in [2.24, 2.45) is 35.0 Å². The second kappa shape index (κ2) is 2.90. The quantitative estimate of drug-likeness (QED) is 0.517. The molecule has 2 fully saturated rings. The van der Waals surface area contributed by atoms with E-state index in [0.29, 0.717) is 5.41 Å². The Kier molecular flexibility index (Phi) is 1.92. The lowest BCUT2D eigenvalue weighted by atomic mass is 9.80.